The summed E-state index contributed by atoms with van der Waals surface area (Å²) in [4.78, 5) is 31.9. The van der Waals surface area contributed by atoms with Crippen molar-refractivity contribution in [3.63, 3.8) is 0 Å². The molecule has 3 aromatic rings. The van der Waals surface area contributed by atoms with E-state index in [-0.39, 0.29) is 10.6 Å². The fraction of sp³-hybridized carbons (Fsp3) is 0.333. The highest BCUT2D eigenvalue weighted by atomic mass is 16.6. The number of nitrogens with two attached hydrogens (primary N) is 1. The van der Waals surface area contributed by atoms with Gasteiger partial charge in [0.05, 0.1) is 10.4 Å². The number of carbonyl (C=O) groups excluding carboxylic acids is 1. The van der Waals surface area contributed by atoms with Crippen LogP contribution in [-0.2, 0) is 6.42 Å². The maximum absolute atomic E-state index is 11.1. The van der Waals surface area contributed by atoms with E-state index in [0.717, 1.165) is 55.8 Å². The van der Waals surface area contributed by atoms with Crippen molar-refractivity contribution in [3.8, 4) is 5.75 Å². The zero-order valence-corrected chi connectivity index (χ0v) is 16.4. The van der Waals surface area contributed by atoms with E-state index in [0.29, 0.717) is 17.2 Å². The van der Waals surface area contributed by atoms with Crippen LogP contribution in [0, 0.1) is 10.1 Å². The summed E-state index contributed by atoms with van der Waals surface area (Å²) in [6, 6.07) is 12.1. The van der Waals surface area contributed by atoms with Gasteiger partial charge in [-0.05, 0) is 50.0 Å². The van der Waals surface area contributed by atoms with Crippen LogP contribution in [0.3, 0.4) is 0 Å². The summed E-state index contributed by atoms with van der Waals surface area (Å²) in [5.41, 5.74) is 7.80. The van der Waals surface area contributed by atoms with E-state index in [9.17, 15) is 14.9 Å². The van der Waals surface area contributed by atoms with Crippen LogP contribution in [0.15, 0.2) is 42.5 Å². The number of primary amides is 1. The van der Waals surface area contributed by atoms with Gasteiger partial charge in [0.15, 0.2) is 5.75 Å². The summed E-state index contributed by atoms with van der Waals surface area (Å²) in [5, 5.41) is 10.8. The largest absolute Gasteiger partial charge is 0.410 e. The lowest BCUT2D eigenvalue weighted by Crippen LogP contribution is -2.34. The molecule has 1 fully saturated rings. The normalized spacial score (nSPS) is 15.3. The fourth-order valence-corrected chi connectivity index (χ4v) is 3.91. The van der Waals surface area contributed by atoms with Crippen LogP contribution in [0.25, 0.3) is 11.0 Å². The van der Waals surface area contributed by atoms with Gasteiger partial charge < -0.3 is 20.4 Å². The molecule has 0 spiro atoms. The number of amides is 1. The van der Waals surface area contributed by atoms with Crippen molar-refractivity contribution in [1.82, 2.24) is 14.9 Å². The number of hydrogen-bond donors (Lipinski definition) is 2. The third-order valence-corrected chi connectivity index (χ3v) is 5.54. The van der Waals surface area contributed by atoms with E-state index in [4.69, 9.17) is 10.5 Å². The average Bonchev–Trinajstić information content (AvgIpc) is 3.18. The number of nitrogens with zero attached hydrogens (tertiary/aromatic N) is 3. The van der Waals surface area contributed by atoms with Gasteiger partial charge in [-0.3, -0.25) is 10.1 Å². The van der Waals surface area contributed by atoms with Gasteiger partial charge in [-0.1, -0.05) is 18.2 Å². The minimum absolute atomic E-state index is 0.120. The highest BCUT2D eigenvalue weighted by molar-refractivity contribution is 5.84. The fourth-order valence-electron chi connectivity index (χ4n) is 3.91. The number of nitro groups is 1. The number of non-ortho nitro benzene ring substituents is 1. The standard InChI is InChI=1S/C21H23N5O4/c22-21(27)30-18-3-1-2-17-19(18)24-20(23-17)15-9-12-25(13-10-15)11-8-14-4-6-16(7-5-14)26(28)29/h1-7,15H,8-13H2,(H2,22,27)(H,23,24). The van der Waals surface area contributed by atoms with Gasteiger partial charge in [0.2, 0.25) is 0 Å². The molecule has 0 unspecified atom stereocenters. The van der Waals surface area contributed by atoms with Crippen molar-refractivity contribution in [2.24, 2.45) is 5.73 Å². The first-order valence-electron chi connectivity index (χ1n) is 9.91. The summed E-state index contributed by atoms with van der Waals surface area (Å²) >= 11 is 0. The summed E-state index contributed by atoms with van der Waals surface area (Å²) in [7, 11) is 0. The number of carbonyl (C=O) groups is 1. The Kier molecular flexibility index (Phi) is 5.62. The van der Waals surface area contributed by atoms with Crippen LogP contribution >= 0.6 is 0 Å². The first kappa shape index (κ1) is 19.8. The Morgan fingerprint density at radius 3 is 2.63 bits per heavy atom. The number of fused-ring (bicyclic) bond motifs is 1. The molecule has 0 saturated carbocycles. The quantitative estimate of drug-likeness (QED) is 0.475. The number of imidazole rings is 1. The molecule has 156 valence electrons. The van der Waals surface area contributed by atoms with Crippen LogP contribution in [-0.4, -0.2) is 45.5 Å². The summed E-state index contributed by atoms with van der Waals surface area (Å²) in [5.74, 6) is 1.58. The second-order valence-corrected chi connectivity index (χ2v) is 7.48. The predicted octanol–water partition coefficient (Wildman–Crippen LogP) is 3.35. The summed E-state index contributed by atoms with van der Waals surface area (Å²) < 4.78 is 5.05. The minimum Gasteiger partial charge on any atom is -0.408 e. The van der Waals surface area contributed by atoms with Crippen molar-refractivity contribution in [2.75, 3.05) is 19.6 Å². The van der Waals surface area contributed by atoms with Crippen molar-refractivity contribution in [2.45, 2.75) is 25.2 Å². The van der Waals surface area contributed by atoms with Crippen LogP contribution in [0.5, 0.6) is 5.75 Å². The van der Waals surface area contributed by atoms with E-state index in [1.807, 2.05) is 18.2 Å². The van der Waals surface area contributed by atoms with Crippen LogP contribution < -0.4 is 10.5 Å². The molecule has 0 bridgehead atoms. The Morgan fingerprint density at radius 2 is 1.97 bits per heavy atom. The van der Waals surface area contributed by atoms with Crippen molar-refractivity contribution in [1.29, 1.82) is 0 Å². The van der Waals surface area contributed by atoms with E-state index in [1.54, 1.807) is 24.3 Å². The Hall–Kier alpha value is -3.46. The molecule has 0 atom stereocenters. The zero-order chi connectivity index (χ0) is 21.1. The minimum atomic E-state index is -0.853. The third-order valence-electron chi connectivity index (χ3n) is 5.54. The summed E-state index contributed by atoms with van der Waals surface area (Å²) in [6.07, 6.45) is 1.97. The molecule has 9 nitrogen and oxygen atoms in total. The van der Waals surface area contributed by atoms with Crippen molar-refractivity contribution in [3.05, 3.63) is 64.0 Å². The first-order valence-corrected chi connectivity index (χ1v) is 9.91. The third kappa shape index (κ3) is 4.41. The van der Waals surface area contributed by atoms with Gasteiger partial charge in [-0.15, -0.1) is 0 Å². The molecule has 1 amide bonds. The number of aromatic nitrogens is 2. The van der Waals surface area contributed by atoms with Crippen LogP contribution in [0.2, 0.25) is 0 Å². The number of nitro benzene ring substituents is 1. The number of piperidine rings is 1. The monoisotopic (exact) mass is 409 g/mol. The first-order chi connectivity index (χ1) is 14.5. The highest BCUT2D eigenvalue weighted by Gasteiger charge is 2.23. The van der Waals surface area contributed by atoms with Crippen molar-refractivity contribution < 1.29 is 14.5 Å². The number of benzene rings is 2. The van der Waals surface area contributed by atoms with E-state index < -0.39 is 6.09 Å². The second-order valence-electron chi connectivity index (χ2n) is 7.48. The number of hydrogen-bond acceptors (Lipinski definition) is 6. The molecule has 2 aromatic carbocycles. The van der Waals surface area contributed by atoms with E-state index >= 15 is 0 Å². The molecule has 1 aliphatic rings. The van der Waals surface area contributed by atoms with Crippen LogP contribution in [0.4, 0.5) is 10.5 Å². The molecule has 0 radical (unpaired) electrons. The highest BCUT2D eigenvalue weighted by Crippen LogP contribution is 2.31. The number of nitrogens with one attached hydrogen (secondary N) is 1. The van der Waals surface area contributed by atoms with Crippen molar-refractivity contribution >= 4 is 22.8 Å². The molecular weight excluding hydrogens is 386 g/mol. The van der Waals surface area contributed by atoms with Gasteiger partial charge in [0.1, 0.15) is 11.3 Å². The molecule has 1 aliphatic heterocycles. The average molecular weight is 409 g/mol. The number of rotatable bonds is 6. The number of likely N-dealkylation sites (tertiary alicyclic amines) is 1. The molecule has 30 heavy (non-hydrogen) atoms. The molecule has 3 N–H and O–H groups in total. The predicted molar refractivity (Wildman–Crippen MR) is 112 cm³/mol. The molecule has 0 aliphatic carbocycles. The summed E-state index contributed by atoms with van der Waals surface area (Å²) in [6.45, 7) is 2.83. The molecular formula is C21H23N5O4. The molecule has 1 saturated heterocycles. The Balaban J connectivity index is 1.34. The zero-order valence-electron chi connectivity index (χ0n) is 16.4. The Labute approximate surface area is 173 Å². The lowest BCUT2D eigenvalue weighted by atomic mass is 9.96. The second kappa shape index (κ2) is 8.50. The van der Waals surface area contributed by atoms with Gasteiger partial charge in [-0.25, -0.2) is 9.78 Å². The maximum atomic E-state index is 11.1. The van der Waals surface area contributed by atoms with Gasteiger partial charge in [-0.2, -0.15) is 0 Å². The van der Waals surface area contributed by atoms with Crippen LogP contribution in [0.1, 0.15) is 30.1 Å². The lowest BCUT2D eigenvalue weighted by molar-refractivity contribution is -0.384. The maximum Gasteiger partial charge on any atom is 0.410 e. The van der Waals surface area contributed by atoms with E-state index in [2.05, 4.69) is 14.9 Å². The smallest absolute Gasteiger partial charge is 0.408 e. The Morgan fingerprint density at radius 1 is 1.23 bits per heavy atom. The lowest BCUT2D eigenvalue weighted by Gasteiger charge is -2.31. The molecule has 1 aromatic heterocycles. The number of para-hydroxylation sites is 1. The molecule has 4 rings (SSSR count). The number of aromatic amines is 1. The number of ether oxygens (including phenoxy) is 1. The molecule has 2 heterocycles. The van der Waals surface area contributed by atoms with Gasteiger partial charge in [0.25, 0.3) is 5.69 Å². The van der Waals surface area contributed by atoms with Gasteiger partial charge in [0, 0.05) is 24.6 Å². The van der Waals surface area contributed by atoms with E-state index in [1.165, 1.54) is 0 Å². The molecule has 9 heteroatoms. The Bertz CT molecular complexity index is 1050. The van der Waals surface area contributed by atoms with Gasteiger partial charge >= 0.3 is 6.09 Å². The number of H-pyrrole nitrogens is 1. The SMILES string of the molecule is NC(=O)Oc1cccc2[nH]c(C3CCN(CCc4ccc([N+](=O)[O-])cc4)CC3)nc12. The topological polar surface area (TPSA) is 127 Å².